The molecule has 0 bridgehead atoms. The van der Waals surface area contributed by atoms with E-state index in [1.165, 1.54) is 16.7 Å². The Balaban J connectivity index is 2.41. The molecule has 0 atom stereocenters. The van der Waals surface area contributed by atoms with E-state index in [1.807, 2.05) is 19.1 Å². The van der Waals surface area contributed by atoms with Gasteiger partial charge in [-0.3, -0.25) is 0 Å². The van der Waals surface area contributed by atoms with Gasteiger partial charge in [0.05, 0.1) is 0 Å². The second-order valence-electron chi connectivity index (χ2n) is 5.74. The van der Waals surface area contributed by atoms with Gasteiger partial charge in [0.1, 0.15) is 17.2 Å². The minimum atomic E-state index is 0.324. The Morgan fingerprint density at radius 2 is 1.52 bits per heavy atom. The summed E-state index contributed by atoms with van der Waals surface area (Å²) in [5, 5.41) is 9.83. The number of phenols is 1. The third-order valence-corrected chi connectivity index (χ3v) is 4.15. The highest BCUT2D eigenvalue weighted by atomic mass is 16.5. The number of aromatic hydroxyl groups is 1. The third kappa shape index (κ3) is 4.05. The molecular weight excluding hydrogens is 286 g/mol. The molecule has 0 spiro atoms. The van der Waals surface area contributed by atoms with Crippen LogP contribution in [0.2, 0.25) is 0 Å². The normalized spacial score (nSPS) is 10.8. The molecule has 23 heavy (non-hydrogen) atoms. The first-order chi connectivity index (χ1) is 11.1. The lowest BCUT2D eigenvalue weighted by atomic mass is 9.99. The van der Waals surface area contributed by atoms with Gasteiger partial charge in [-0.15, -0.1) is 0 Å². The Hall–Kier alpha value is -2.00. The van der Waals surface area contributed by atoms with Gasteiger partial charge in [-0.05, 0) is 72.7 Å². The number of hydrogen-bond acceptors (Lipinski definition) is 3. The van der Waals surface area contributed by atoms with Gasteiger partial charge >= 0.3 is 0 Å². The molecular formula is C20H27NO2. The maximum Gasteiger partial charge on any atom is 0.133 e. The van der Waals surface area contributed by atoms with E-state index in [1.54, 1.807) is 6.07 Å². The van der Waals surface area contributed by atoms with E-state index in [9.17, 15) is 5.11 Å². The molecule has 3 heteroatoms. The summed E-state index contributed by atoms with van der Waals surface area (Å²) in [6.07, 6.45) is 3.50. The van der Waals surface area contributed by atoms with E-state index in [0.29, 0.717) is 12.3 Å². The van der Waals surface area contributed by atoms with Crippen LogP contribution in [0.15, 0.2) is 30.3 Å². The quantitative estimate of drug-likeness (QED) is 0.798. The second-order valence-corrected chi connectivity index (χ2v) is 5.74. The Labute approximate surface area is 139 Å². The number of rotatable bonds is 7. The molecule has 0 unspecified atom stereocenters. The number of ether oxygens (including phenoxy) is 1. The van der Waals surface area contributed by atoms with Crippen molar-refractivity contribution in [3.8, 4) is 17.2 Å². The van der Waals surface area contributed by atoms with E-state index >= 15 is 0 Å². The zero-order valence-electron chi connectivity index (χ0n) is 14.4. The highest BCUT2D eigenvalue weighted by Gasteiger charge is 2.12. The Morgan fingerprint density at radius 1 is 0.913 bits per heavy atom. The molecule has 3 N–H and O–H groups in total. The molecule has 0 amide bonds. The minimum absolute atomic E-state index is 0.324. The zero-order chi connectivity index (χ0) is 16.8. The van der Waals surface area contributed by atoms with Crippen molar-refractivity contribution in [3.05, 3.63) is 52.6 Å². The van der Waals surface area contributed by atoms with Crippen molar-refractivity contribution in [1.29, 1.82) is 0 Å². The summed E-state index contributed by atoms with van der Waals surface area (Å²) >= 11 is 0. The summed E-state index contributed by atoms with van der Waals surface area (Å²) in [7, 11) is 0. The first kappa shape index (κ1) is 17.4. The van der Waals surface area contributed by atoms with Crippen LogP contribution in [0.5, 0.6) is 17.2 Å². The Kier molecular flexibility index (Phi) is 6.05. The van der Waals surface area contributed by atoms with Crippen molar-refractivity contribution in [2.75, 3.05) is 6.54 Å². The van der Waals surface area contributed by atoms with E-state index in [4.69, 9.17) is 10.5 Å². The van der Waals surface area contributed by atoms with Crippen LogP contribution in [0.1, 0.15) is 43.0 Å². The zero-order valence-corrected chi connectivity index (χ0v) is 14.4. The first-order valence-corrected chi connectivity index (χ1v) is 8.47. The highest BCUT2D eigenvalue weighted by Crippen LogP contribution is 2.33. The molecule has 0 aliphatic rings. The van der Waals surface area contributed by atoms with Gasteiger partial charge in [0.15, 0.2) is 0 Å². The molecule has 0 aliphatic carbocycles. The molecule has 2 aromatic carbocycles. The molecule has 0 aromatic heterocycles. The van der Waals surface area contributed by atoms with Crippen LogP contribution in [0.4, 0.5) is 0 Å². The SMILES string of the molecule is CCc1cc(Oc2c(CC)cc(CCN)cc2CC)ccc1O. The number of nitrogens with two attached hydrogens (primary N) is 1. The van der Waals surface area contributed by atoms with Gasteiger partial charge in [0.25, 0.3) is 0 Å². The summed E-state index contributed by atoms with van der Waals surface area (Å²) in [5.41, 5.74) is 10.3. The van der Waals surface area contributed by atoms with Gasteiger partial charge in [0, 0.05) is 0 Å². The fourth-order valence-electron chi connectivity index (χ4n) is 2.82. The van der Waals surface area contributed by atoms with Crippen LogP contribution in [-0.4, -0.2) is 11.7 Å². The fourth-order valence-corrected chi connectivity index (χ4v) is 2.82. The van der Waals surface area contributed by atoms with Crippen molar-refractivity contribution in [3.63, 3.8) is 0 Å². The lowest BCUT2D eigenvalue weighted by molar-refractivity contribution is 0.454. The van der Waals surface area contributed by atoms with Crippen LogP contribution in [0.25, 0.3) is 0 Å². The van der Waals surface area contributed by atoms with Gasteiger partial charge in [-0.2, -0.15) is 0 Å². The van der Waals surface area contributed by atoms with Crippen molar-refractivity contribution in [1.82, 2.24) is 0 Å². The molecule has 3 nitrogen and oxygen atoms in total. The summed E-state index contributed by atoms with van der Waals surface area (Å²) < 4.78 is 6.21. The van der Waals surface area contributed by atoms with Crippen molar-refractivity contribution < 1.29 is 9.84 Å². The van der Waals surface area contributed by atoms with Crippen LogP contribution >= 0.6 is 0 Å². The molecule has 0 heterocycles. The average Bonchev–Trinajstić information content (AvgIpc) is 2.57. The molecule has 0 aliphatic heterocycles. The van der Waals surface area contributed by atoms with Crippen LogP contribution < -0.4 is 10.5 Å². The smallest absolute Gasteiger partial charge is 0.133 e. The summed E-state index contributed by atoms with van der Waals surface area (Å²) in [6.45, 7) is 6.96. The third-order valence-electron chi connectivity index (χ3n) is 4.15. The molecule has 124 valence electrons. The van der Waals surface area contributed by atoms with E-state index in [0.717, 1.165) is 42.7 Å². The predicted molar refractivity (Wildman–Crippen MR) is 95.5 cm³/mol. The van der Waals surface area contributed by atoms with Crippen LogP contribution in [-0.2, 0) is 25.7 Å². The number of benzene rings is 2. The van der Waals surface area contributed by atoms with E-state index in [-0.39, 0.29) is 0 Å². The van der Waals surface area contributed by atoms with Crippen LogP contribution in [0.3, 0.4) is 0 Å². The fraction of sp³-hybridized carbons (Fsp3) is 0.400. The van der Waals surface area contributed by atoms with Crippen molar-refractivity contribution >= 4 is 0 Å². The molecule has 2 aromatic rings. The summed E-state index contributed by atoms with van der Waals surface area (Å²) in [6, 6.07) is 9.84. The average molecular weight is 313 g/mol. The molecule has 0 saturated carbocycles. The molecule has 0 saturated heterocycles. The predicted octanol–water partition coefficient (Wildman–Crippen LogP) is 4.37. The van der Waals surface area contributed by atoms with E-state index < -0.39 is 0 Å². The number of hydrogen-bond donors (Lipinski definition) is 2. The van der Waals surface area contributed by atoms with Gasteiger partial charge < -0.3 is 15.6 Å². The molecule has 0 radical (unpaired) electrons. The van der Waals surface area contributed by atoms with Crippen molar-refractivity contribution in [2.45, 2.75) is 46.5 Å². The number of phenolic OH excluding ortho intramolecular Hbond substituents is 1. The second kappa shape index (κ2) is 8.02. The Morgan fingerprint density at radius 3 is 2.04 bits per heavy atom. The lowest BCUT2D eigenvalue weighted by Gasteiger charge is -2.17. The molecule has 2 rings (SSSR count). The van der Waals surface area contributed by atoms with Gasteiger partial charge in [-0.1, -0.05) is 32.9 Å². The van der Waals surface area contributed by atoms with Crippen LogP contribution in [0, 0.1) is 0 Å². The minimum Gasteiger partial charge on any atom is -0.508 e. The monoisotopic (exact) mass is 313 g/mol. The summed E-state index contributed by atoms with van der Waals surface area (Å²) in [4.78, 5) is 0. The largest absolute Gasteiger partial charge is 0.508 e. The van der Waals surface area contributed by atoms with Gasteiger partial charge in [-0.25, -0.2) is 0 Å². The summed E-state index contributed by atoms with van der Waals surface area (Å²) in [5.74, 6) is 2.05. The topological polar surface area (TPSA) is 55.5 Å². The number of aryl methyl sites for hydroxylation is 3. The maximum atomic E-state index is 9.83. The first-order valence-electron chi connectivity index (χ1n) is 8.47. The lowest BCUT2D eigenvalue weighted by Crippen LogP contribution is -2.05. The highest BCUT2D eigenvalue weighted by molar-refractivity contribution is 5.49. The Bertz CT molecular complexity index is 640. The van der Waals surface area contributed by atoms with E-state index in [2.05, 4.69) is 26.0 Å². The molecule has 0 fully saturated rings. The standard InChI is InChI=1S/C20H27NO2/c1-4-15-13-18(7-8-19(15)22)23-20-16(5-2)11-14(9-10-21)12-17(20)6-3/h7-8,11-13,22H,4-6,9-10,21H2,1-3H3. The maximum absolute atomic E-state index is 9.83. The van der Waals surface area contributed by atoms with Crippen molar-refractivity contribution in [2.24, 2.45) is 5.73 Å². The van der Waals surface area contributed by atoms with Gasteiger partial charge in [0.2, 0.25) is 0 Å².